The van der Waals surface area contributed by atoms with Gasteiger partial charge in [0.1, 0.15) is 12.2 Å². The van der Waals surface area contributed by atoms with E-state index in [1.165, 1.54) is 0 Å². The minimum atomic E-state index is -1.24. The molecule has 0 radical (unpaired) electrons. The largest absolute Gasteiger partial charge is 0.462 e. The Balaban J connectivity index is 1.71. The van der Waals surface area contributed by atoms with Gasteiger partial charge >= 0.3 is 11.9 Å². The maximum atomic E-state index is 12.9. The van der Waals surface area contributed by atoms with Crippen molar-refractivity contribution in [1.82, 2.24) is 0 Å². The molecule has 0 spiro atoms. The average molecular weight is 687 g/mol. The molecular formula is C41H66O8. The molecule has 4 saturated carbocycles. The van der Waals surface area contributed by atoms with Gasteiger partial charge < -0.3 is 29.9 Å². The molecule has 4 rings (SSSR count). The van der Waals surface area contributed by atoms with Crippen LogP contribution in [0.3, 0.4) is 0 Å². The number of aliphatic hydroxyl groups is 4. The van der Waals surface area contributed by atoms with Crippen molar-refractivity contribution in [2.24, 2.45) is 50.2 Å². The molecule has 0 bridgehead atoms. The first kappa shape index (κ1) is 39.8. The zero-order chi connectivity index (χ0) is 37.0. The fourth-order valence-corrected chi connectivity index (χ4v) is 11.6. The van der Waals surface area contributed by atoms with Crippen molar-refractivity contribution in [3.8, 4) is 0 Å². The molecule has 0 aromatic carbocycles. The van der Waals surface area contributed by atoms with E-state index in [9.17, 15) is 30.0 Å². The summed E-state index contributed by atoms with van der Waals surface area (Å²) in [5.41, 5.74) is -2.26. The summed E-state index contributed by atoms with van der Waals surface area (Å²) in [6, 6.07) is 0. The number of hydrogen-bond acceptors (Lipinski definition) is 8. The smallest absolute Gasteiger partial charge is 0.333 e. The zero-order valence-electron chi connectivity index (χ0n) is 32.0. The first-order valence-electron chi connectivity index (χ1n) is 18.6. The highest BCUT2D eigenvalue weighted by atomic mass is 16.6. The van der Waals surface area contributed by atoms with Gasteiger partial charge in [0.05, 0.1) is 30.8 Å². The summed E-state index contributed by atoms with van der Waals surface area (Å²) in [5.74, 6) is -0.806. The van der Waals surface area contributed by atoms with E-state index in [1.807, 2.05) is 26.8 Å². The lowest BCUT2D eigenvalue weighted by Gasteiger charge is -2.70. The van der Waals surface area contributed by atoms with Crippen molar-refractivity contribution in [3.63, 3.8) is 0 Å². The van der Waals surface area contributed by atoms with Gasteiger partial charge in [-0.05, 0) is 113 Å². The lowest BCUT2D eigenvalue weighted by atomic mass is 9.35. The van der Waals surface area contributed by atoms with Crippen LogP contribution < -0.4 is 0 Å². The number of carbonyl (C=O) groups excluding carboxylic acids is 2. The zero-order valence-corrected chi connectivity index (χ0v) is 32.0. The van der Waals surface area contributed by atoms with Crippen molar-refractivity contribution < 1.29 is 39.5 Å². The normalized spacial score (nSPS) is 45.5. The molecule has 0 heterocycles. The molecule has 278 valence electrons. The Morgan fingerprint density at radius 3 is 2.04 bits per heavy atom. The van der Waals surface area contributed by atoms with Crippen LogP contribution >= 0.6 is 0 Å². The van der Waals surface area contributed by atoms with Crippen molar-refractivity contribution in [2.45, 2.75) is 145 Å². The van der Waals surface area contributed by atoms with Crippen LogP contribution in [-0.4, -0.2) is 70.0 Å². The van der Waals surface area contributed by atoms with Crippen molar-refractivity contribution in [1.29, 1.82) is 0 Å². The van der Waals surface area contributed by atoms with E-state index < -0.39 is 53.2 Å². The van der Waals surface area contributed by atoms with Crippen LogP contribution in [0.25, 0.3) is 0 Å². The second-order valence-corrected chi connectivity index (χ2v) is 18.1. The molecule has 12 atom stereocenters. The monoisotopic (exact) mass is 686 g/mol. The fourth-order valence-electron chi connectivity index (χ4n) is 11.6. The number of allylic oxidation sites excluding steroid dienone is 3. The summed E-state index contributed by atoms with van der Waals surface area (Å²) in [5, 5.41) is 46.8. The molecule has 4 fully saturated rings. The van der Waals surface area contributed by atoms with Crippen LogP contribution in [0, 0.1) is 50.2 Å². The lowest BCUT2D eigenvalue weighted by molar-refractivity contribution is -0.278. The predicted octanol–water partition coefficient (Wildman–Crippen LogP) is 6.70. The molecule has 49 heavy (non-hydrogen) atoms. The van der Waals surface area contributed by atoms with Crippen LogP contribution in [-0.2, 0) is 19.1 Å². The van der Waals surface area contributed by atoms with Crippen molar-refractivity contribution in [2.75, 3.05) is 13.2 Å². The molecule has 4 aliphatic rings. The van der Waals surface area contributed by atoms with Gasteiger partial charge in [-0.2, -0.15) is 0 Å². The minimum absolute atomic E-state index is 0.0978. The number of ether oxygens (including phenoxy) is 2. The summed E-state index contributed by atoms with van der Waals surface area (Å²) >= 11 is 0. The Bertz CT molecular complexity index is 1330. The minimum Gasteiger partial charge on any atom is -0.462 e. The number of aliphatic hydroxyl groups excluding tert-OH is 4. The first-order chi connectivity index (χ1) is 22.7. The van der Waals surface area contributed by atoms with Crippen LogP contribution in [0.1, 0.15) is 121 Å². The average Bonchev–Trinajstić information content (AvgIpc) is 3.04. The van der Waals surface area contributed by atoms with Crippen LogP contribution in [0.5, 0.6) is 0 Å². The molecule has 0 amide bonds. The molecule has 0 saturated heterocycles. The van der Waals surface area contributed by atoms with Gasteiger partial charge in [0.15, 0.2) is 0 Å². The summed E-state index contributed by atoms with van der Waals surface area (Å²) in [4.78, 5) is 25.6. The van der Waals surface area contributed by atoms with Crippen LogP contribution in [0.15, 0.2) is 36.0 Å². The van der Waals surface area contributed by atoms with Crippen molar-refractivity contribution in [3.05, 3.63) is 36.0 Å². The van der Waals surface area contributed by atoms with E-state index in [1.54, 1.807) is 32.9 Å². The third-order valence-corrected chi connectivity index (χ3v) is 15.2. The molecular weight excluding hydrogens is 620 g/mol. The van der Waals surface area contributed by atoms with E-state index >= 15 is 0 Å². The highest BCUT2D eigenvalue weighted by Gasteiger charge is 2.70. The highest BCUT2D eigenvalue weighted by molar-refractivity contribution is 5.88. The molecule has 8 nitrogen and oxygen atoms in total. The van der Waals surface area contributed by atoms with Gasteiger partial charge in [-0.25, -0.2) is 9.59 Å². The van der Waals surface area contributed by atoms with E-state index in [4.69, 9.17) is 9.47 Å². The van der Waals surface area contributed by atoms with Gasteiger partial charge in [-0.3, -0.25) is 0 Å². The predicted molar refractivity (Wildman–Crippen MR) is 191 cm³/mol. The standard InChI is InChI=1S/C41H66O8/c1-12-15-29-38(9)18-17-30(43)39(10,24-48-34(46)25(4)13-2)28(38)16-19-40(29,11)37(8)21-27-20-36(6,7)33(49-35(47)26(5)14-3)32(45)41(27,23-42)31(44)22-37/h12-14,27-33,42-45H,1,15-24H2,2-11H3/t27?,28?,29?,30-,31+,32-,33-,37-,38-,39+,40+,41-/m0/s1. The second kappa shape index (κ2) is 13.9. The summed E-state index contributed by atoms with van der Waals surface area (Å²) < 4.78 is 11.8. The number of fused-ring (bicyclic) bond motifs is 2. The van der Waals surface area contributed by atoms with Crippen LogP contribution in [0.2, 0.25) is 0 Å². The van der Waals surface area contributed by atoms with Crippen molar-refractivity contribution >= 4 is 11.9 Å². The first-order valence-corrected chi connectivity index (χ1v) is 18.6. The molecule has 0 aliphatic heterocycles. The fraction of sp³-hybridized carbons (Fsp3) is 0.805. The third-order valence-electron chi connectivity index (χ3n) is 15.2. The second-order valence-electron chi connectivity index (χ2n) is 18.1. The number of esters is 2. The lowest BCUT2D eigenvalue weighted by Crippen LogP contribution is -2.70. The van der Waals surface area contributed by atoms with Gasteiger partial charge in [-0.1, -0.05) is 59.8 Å². The van der Waals surface area contributed by atoms with Gasteiger partial charge in [0, 0.05) is 22.0 Å². The van der Waals surface area contributed by atoms with Gasteiger partial charge in [0.2, 0.25) is 0 Å². The topological polar surface area (TPSA) is 134 Å². The van der Waals surface area contributed by atoms with E-state index in [-0.39, 0.29) is 46.6 Å². The Hall–Kier alpha value is -2.00. The Morgan fingerprint density at radius 2 is 1.47 bits per heavy atom. The molecule has 0 aromatic rings. The number of rotatable bonds is 9. The molecule has 0 aromatic heterocycles. The Labute approximate surface area is 295 Å². The molecule has 3 unspecified atom stereocenters. The molecule has 4 N–H and O–H groups in total. The summed E-state index contributed by atoms with van der Waals surface area (Å²) in [7, 11) is 0. The third kappa shape index (κ3) is 6.18. The SMILES string of the molecule is C=CCC1[C@@]2(C)CC[C@H](O)[C@](C)(COC(=O)C(C)=CC)C2CC[C@@]1(C)[C@@]1(C)CC2CC(C)(C)[C@@H](OC(=O)C(C)=CC)[C@H](O)[C@]2(CO)[C@H](O)C1. The Morgan fingerprint density at radius 1 is 0.857 bits per heavy atom. The van der Waals surface area contributed by atoms with E-state index in [0.717, 1.165) is 25.7 Å². The quantitative estimate of drug-likeness (QED) is 0.120. The van der Waals surface area contributed by atoms with Gasteiger partial charge in [-0.15, -0.1) is 6.58 Å². The van der Waals surface area contributed by atoms with E-state index in [2.05, 4.69) is 34.3 Å². The Kier molecular flexibility index (Phi) is 11.2. The van der Waals surface area contributed by atoms with E-state index in [0.29, 0.717) is 36.8 Å². The number of carbonyl (C=O) groups is 2. The number of hydrogen-bond donors (Lipinski definition) is 4. The maximum absolute atomic E-state index is 12.9. The summed E-state index contributed by atoms with van der Waals surface area (Å²) in [6.07, 6.45) is 7.26. The molecule has 4 aliphatic carbocycles. The summed E-state index contributed by atoms with van der Waals surface area (Å²) in [6.45, 7) is 24.0. The van der Waals surface area contributed by atoms with Crippen LogP contribution in [0.4, 0.5) is 0 Å². The maximum Gasteiger partial charge on any atom is 0.333 e. The molecule has 8 heteroatoms. The van der Waals surface area contributed by atoms with Gasteiger partial charge in [0.25, 0.3) is 0 Å². The highest BCUT2D eigenvalue weighted by Crippen LogP contribution is 2.73.